The van der Waals surface area contributed by atoms with Crippen molar-refractivity contribution in [1.82, 2.24) is 15.5 Å². The summed E-state index contributed by atoms with van der Waals surface area (Å²) in [6.07, 6.45) is 0.949. The highest BCUT2D eigenvalue weighted by atomic mass is 32.1. The number of hydrogen-bond acceptors (Lipinski definition) is 8. The molecule has 0 unspecified atom stereocenters. The van der Waals surface area contributed by atoms with Gasteiger partial charge >= 0.3 is 5.97 Å². The van der Waals surface area contributed by atoms with Gasteiger partial charge in [0.05, 0.1) is 13.1 Å². The fourth-order valence-electron chi connectivity index (χ4n) is 2.40. The van der Waals surface area contributed by atoms with Crippen molar-refractivity contribution in [3.8, 4) is 0 Å². The summed E-state index contributed by atoms with van der Waals surface area (Å²) >= 11 is 4.05. The maximum absolute atomic E-state index is 12.6. The van der Waals surface area contributed by atoms with E-state index in [9.17, 15) is 24.0 Å². The molecule has 0 aromatic heterocycles. The first-order valence-electron chi connectivity index (χ1n) is 7.92. The first-order chi connectivity index (χ1) is 12.3. The Balaban J connectivity index is 2.64. The number of ether oxygens (including phenoxy) is 1. The maximum atomic E-state index is 12.6. The molecular weight excluding hydrogens is 366 g/mol. The molecule has 1 rings (SSSR count). The zero-order valence-corrected chi connectivity index (χ0v) is 15.0. The lowest BCUT2D eigenvalue weighted by Gasteiger charge is -2.27. The first-order valence-corrected chi connectivity index (χ1v) is 8.55. The molecule has 146 valence electrons. The van der Waals surface area contributed by atoms with Crippen molar-refractivity contribution in [2.75, 3.05) is 32.0 Å². The van der Waals surface area contributed by atoms with E-state index >= 15 is 0 Å². The molecule has 0 aromatic carbocycles. The van der Waals surface area contributed by atoms with E-state index in [1.165, 1.54) is 4.90 Å². The Morgan fingerprint density at radius 1 is 1.23 bits per heavy atom. The minimum atomic E-state index is -0.981. The predicted molar refractivity (Wildman–Crippen MR) is 92.7 cm³/mol. The van der Waals surface area contributed by atoms with Crippen LogP contribution in [0.2, 0.25) is 0 Å². The first kappa shape index (κ1) is 21.7. The minimum Gasteiger partial charge on any atom is -0.454 e. The lowest BCUT2D eigenvalue weighted by atomic mass is 10.2. The molecule has 4 amide bonds. The number of amides is 4. The van der Waals surface area contributed by atoms with Gasteiger partial charge < -0.3 is 31.7 Å². The number of nitrogens with zero attached hydrogens (tertiary/aromatic N) is 1. The van der Waals surface area contributed by atoms with Crippen LogP contribution in [-0.2, 0) is 28.7 Å². The van der Waals surface area contributed by atoms with Crippen LogP contribution in [0.15, 0.2) is 0 Å². The van der Waals surface area contributed by atoms with Crippen LogP contribution in [0, 0.1) is 0 Å². The van der Waals surface area contributed by atoms with Gasteiger partial charge in [-0.05, 0) is 12.8 Å². The van der Waals surface area contributed by atoms with Gasteiger partial charge in [0.1, 0.15) is 12.1 Å². The number of nitrogens with one attached hydrogen (secondary N) is 2. The smallest absolute Gasteiger partial charge is 0.329 e. The highest BCUT2D eigenvalue weighted by molar-refractivity contribution is 7.80. The molecular formula is C14H23N5O6S. The number of esters is 1. The maximum Gasteiger partial charge on any atom is 0.329 e. The number of carbonyl (C=O) groups is 5. The summed E-state index contributed by atoms with van der Waals surface area (Å²) in [5.41, 5.74) is 10.0. The predicted octanol–water partition coefficient (Wildman–Crippen LogP) is -3.50. The number of rotatable bonds is 9. The molecule has 1 aliphatic rings. The summed E-state index contributed by atoms with van der Waals surface area (Å²) < 4.78 is 4.77. The summed E-state index contributed by atoms with van der Waals surface area (Å²) in [4.78, 5) is 59.5. The van der Waals surface area contributed by atoms with Crippen LogP contribution >= 0.6 is 12.6 Å². The Labute approximate surface area is 155 Å². The third kappa shape index (κ3) is 6.52. The van der Waals surface area contributed by atoms with Crippen LogP contribution in [0.4, 0.5) is 0 Å². The van der Waals surface area contributed by atoms with Crippen LogP contribution in [0.5, 0.6) is 0 Å². The van der Waals surface area contributed by atoms with Crippen LogP contribution < -0.4 is 22.1 Å². The Hall–Kier alpha value is -2.34. The quantitative estimate of drug-likeness (QED) is 0.201. The van der Waals surface area contributed by atoms with Crippen molar-refractivity contribution in [2.45, 2.75) is 24.9 Å². The fraction of sp³-hybridized carbons (Fsp3) is 0.643. The third-order valence-corrected chi connectivity index (χ3v) is 3.98. The summed E-state index contributed by atoms with van der Waals surface area (Å²) in [7, 11) is 0. The monoisotopic (exact) mass is 389 g/mol. The zero-order valence-electron chi connectivity index (χ0n) is 14.1. The van der Waals surface area contributed by atoms with E-state index in [-0.39, 0.29) is 18.8 Å². The summed E-state index contributed by atoms with van der Waals surface area (Å²) in [6.45, 7) is -0.854. The standard InChI is InChI=1S/C14H23N5O6S/c15-4-11(21)17-5-12(22)18-8(7-26)13(23)19-3-1-2-9(19)14(24)25-6-10(16)20/h8-9,26H,1-7,15H2,(H2,16,20)(H,17,21)(H,18,22)/t8-,9+/m0/s1. The van der Waals surface area contributed by atoms with Crippen molar-refractivity contribution < 1.29 is 28.7 Å². The zero-order chi connectivity index (χ0) is 19.7. The second-order valence-corrected chi connectivity index (χ2v) is 5.91. The van der Waals surface area contributed by atoms with Crippen molar-refractivity contribution >= 4 is 42.2 Å². The molecule has 0 bridgehead atoms. The van der Waals surface area contributed by atoms with E-state index in [4.69, 9.17) is 16.2 Å². The number of thiol groups is 1. The number of hydrogen-bond donors (Lipinski definition) is 5. The molecule has 2 atom stereocenters. The van der Waals surface area contributed by atoms with Crippen molar-refractivity contribution in [1.29, 1.82) is 0 Å². The van der Waals surface area contributed by atoms with Gasteiger partial charge in [-0.25, -0.2) is 4.79 Å². The Morgan fingerprint density at radius 3 is 2.50 bits per heavy atom. The fourth-order valence-corrected chi connectivity index (χ4v) is 2.64. The van der Waals surface area contributed by atoms with E-state index in [0.717, 1.165) is 0 Å². The normalized spacial score (nSPS) is 17.3. The van der Waals surface area contributed by atoms with E-state index in [1.807, 2.05) is 0 Å². The number of likely N-dealkylation sites (tertiary alicyclic amines) is 1. The van der Waals surface area contributed by atoms with E-state index in [0.29, 0.717) is 19.4 Å². The van der Waals surface area contributed by atoms with Gasteiger partial charge in [0.2, 0.25) is 17.7 Å². The molecule has 0 spiro atoms. The van der Waals surface area contributed by atoms with Gasteiger partial charge in [0.25, 0.3) is 5.91 Å². The minimum absolute atomic E-state index is 0.00500. The van der Waals surface area contributed by atoms with Crippen molar-refractivity contribution in [2.24, 2.45) is 11.5 Å². The van der Waals surface area contributed by atoms with Gasteiger partial charge in [-0.15, -0.1) is 0 Å². The Kier molecular flexibility index (Phi) is 8.85. The van der Waals surface area contributed by atoms with Crippen LogP contribution in [-0.4, -0.2) is 78.6 Å². The molecule has 0 saturated carbocycles. The topological polar surface area (TPSA) is 174 Å². The highest BCUT2D eigenvalue weighted by Crippen LogP contribution is 2.20. The molecule has 1 fully saturated rings. The van der Waals surface area contributed by atoms with Crippen molar-refractivity contribution in [3.63, 3.8) is 0 Å². The molecule has 26 heavy (non-hydrogen) atoms. The van der Waals surface area contributed by atoms with Gasteiger partial charge in [-0.1, -0.05) is 0 Å². The second kappa shape index (κ2) is 10.6. The number of primary amides is 1. The Bertz CT molecular complexity index is 572. The average Bonchev–Trinajstić information content (AvgIpc) is 3.11. The molecule has 12 heteroatoms. The van der Waals surface area contributed by atoms with Gasteiger partial charge in [-0.3, -0.25) is 19.2 Å². The lowest BCUT2D eigenvalue weighted by Crippen LogP contribution is -2.54. The average molecular weight is 389 g/mol. The van der Waals surface area contributed by atoms with E-state index in [1.54, 1.807) is 0 Å². The highest BCUT2D eigenvalue weighted by Gasteiger charge is 2.38. The molecule has 0 radical (unpaired) electrons. The van der Waals surface area contributed by atoms with Crippen molar-refractivity contribution in [3.05, 3.63) is 0 Å². The molecule has 1 heterocycles. The van der Waals surface area contributed by atoms with Gasteiger partial charge in [-0.2, -0.15) is 12.6 Å². The van der Waals surface area contributed by atoms with Gasteiger partial charge in [0, 0.05) is 12.3 Å². The second-order valence-electron chi connectivity index (χ2n) is 5.55. The lowest BCUT2D eigenvalue weighted by molar-refractivity contribution is -0.156. The number of carbonyl (C=O) groups excluding carboxylic acids is 5. The number of nitrogens with two attached hydrogens (primary N) is 2. The molecule has 11 nitrogen and oxygen atoms in total. The SMILES string of the molecule is NCC(=O)NCC(=O)N[C@@H](CS)C(=O)N1CCC[C@@H]1C(=O)OCC(N)=O. The van der Waals surface area contributed by atoms with Crippen LogP contribution in [0.1, 0.15) is 12.8 Å². The Morgan fingerprint density at radius 2 is 1.92 bits per heavy atom. The summed E-state index contributed by atoms with van der Waals surface area (Å²) in [6, 6.07) is -1.83. The molecule has 6 N–H and O–H groups in total. The molecule has 0 aliphatic carbocycles. The van der Waals surface area contributed by atoms with Crippen LogP contribution in [0.3, 0.4) is 0 Å². The van der Waals surface area contributed by atoms with E-state index < -0.39 is 48.3 Å². The third-order valence-electron chi connectivity index (χ3n) is 3.61. The molecule has 0 aromatic rings. The molecule has 1 aliphatic heterocycles. The summed E-state index contributed by atoms with van der Waals surface area (Å²) in [5.74, 6) is -3.13. The molecule has 1 saturated heterocycles. The largest absolute Gasteiger partial charge is 0.454 e. The van der Waals surface area contributed by atoms with Gasteiger partial charge in [0.15, 0.2) is 6.61 Å². The summed E-state index contributed by atoms with van der Waals surface area (Å²) in [5, 5.41) is 4.72. The van der Waals surface area contributed by atoms with Crippen LogP contribution in [0.25, 0.3) is 0 Å². The van der Waals surface area contributed by atoms with E-state index in [2.05, 4.69) is 23.3 Å².